The van der Waals surface area contributed by atoms with Crippen LogP contribution in [0.3, 0.4) is 0 Å². The molecule has 0 spiro atoms. The lowest BCUT2D eigenvalue weighted by atomic mass is 10.0. The first-order chi connectivity index (χ1) is 8.36. The third kappa shape index (κ3) is 2.16. The molecule has 0 aromatic rings. The summed E-state index contributed by atoms with van der Waals surface area (Å²) >= 11 is 0. The van der Waals surface area contributed by atoms with Crippen LogP contribution in [0, 0.1) is 0 Å². The summed E-state index contributed by atoms with van der Waals surface area (Å²) in [5.74, 6) is -1.21. The lowest BCUT2D eigenvalue weighted by molar-refractivity contribution is -0.321. The maximum absolute atomic E-state index is 5.97. The van der Waals surface area contributed by atoms with Gasteiger partial charge in [0, 0.05) is 0 Å². The highest BCUT2D eigenvalue weighted by Crippen LogP contribution is 2.38. The van der Waals surface area contributed by atoms with Gasteiger partial charge in [0.2, 0.25) is 0 Å². The zero-order valence-electron chi connectivity index (χ0n) is 11.2. The van der Waals surface area contributed by atoms with E-state index in [-0.39, 0.29) is 24.4 Å². The van der Waals surface area contributed by atoms with Gasteiger partial charge in [-0.2, -0.15) is 0 Å². The van der Waals surface area contributed by atoms with Gasteiger partial charge in [-0.15, -0.1) is 0 Å². The fourth-order valence-electron chi connectivity index (χ4n) is 2.65. The molecule has 2 fully saturated rings. The first-order valence-electron chi connectivity index (χ1n) is 6.36. The SMILES string of the molecule is CC1(C)OC2C=COC3COC(C)(C)O[C@H]3[C@@H]2O1. The van der Waals surface area contributed by atoms with E-state index in [9.17, 15) is 0 Å². The van der Waals surface area contributed by atoms with Crippen LogP contribution >= 0.6 is 0 Å². The lowest BCUT2D eigenvalue weighted by Crippen LogP contribution is -2.55. The van der Waals surface area contributed by atoms with Gasteiger partial charge < -0.3 is 23.7 Å². The van der Waals surface area contributed by atoms with Crippen LogP contribution in [-0.4, -0.2) is 42.6 Å². The molecule has 0 aliphatic carbocycles. The summed E-state index contributed by atoms with van der Waals surface area (Å²) in [6, 6.07) is 0. The minimum absolute atomic E-state index is 0.135. The quantitative estimate of drug-likeness (QED) is 0.658. The van der Waals surface area contributed by atoms with Crippen molar-refractivity contribution >= 4 is 0 Å². The highest BCUT2D eigenvalue weighted by atomic mass is 16.8. The number of fused-ring (bicyclic) bond motifs is 3. The van der Waals surface area contributed by atoms with Gasteiger partial charge in [0.25, 0.3) is 0 Å². The van der Waals surface area contributed by atoms with Crippen LogP contribution in [0.5, 0.6) is 0 Å². The fraction of sp³-hybridized carbons (Fsp3) is 0.846. The smallest absolute Gasteiger partial charge is 0.164 e. The van der Waals surface area contributed by atoms with Crippen molar-refractivity contribution in [2.24, 2.45) is 0 Å². The summed E-state index contributed by atoms with van der Waals surface area (Å²) in [4.78, 5) is 0. The predicted octanol–water partition coefficient (Wildman–Crippen LogP) is 1.57. The summed E-state index contributed by atoms with van der Waals surface area (Å²) < 4.78 is 29.0. The van der Waals surface area contributed by atoms with E-state index in [1.54, 1.807) is 6.26 Å². The molecule has 0 N–H and O–H groups in total. The Bertz CT molecular complexity index is 362. The Labute approximate surface area is 107 Å². The molecule has 102 valence electrons. The van der Waals surface area contributed by atoms with Gasteiger partial charge in [-0.1, -0.05) is 0 Å². The third-order valence-electron chi connectivity index (χ3n) is 3.39. The summed E-state index contributed by atoms with van der Waals surface area (Å²) in [6.07, 6.45) is 2.92. The van der Waals surface area contributed by atoms with E-state index in [1.165, 1.54) is 0 Å². The third-order valence-corrected chi connectivity index (χ3v) is 3.39. The average Bonchev–Trinajstić information content (AvgIpc) is 2.47. The van der Waals surface area contributed by atoms with Crippen LogP contribution in [0.2, 0.25) is 0 Å². The molecule has 0 saturated carbocycles. The van der Waals surface area contributed by atoms with Crippen molar-refractivity contribution < 1.29 is 23.7 Å². The summed E-state index contributed by atoms with van der Waals surface area (Å²) in [7, 11) is 0. The van der Waals surface area contributed by atoms with E-state index in [0.29, 0.717) is 6.61 Å². The maximum atomic E-state index is 5.97. The number of hydrogen-bond donors (Lipinski definition) is 0. The van der Waals surface area contributed by atoms with Crippen molar-refractivity contribution in [3.05, 3.63) is 12.3 Å². The van der Waals surface area contributed by atoms with E-state index < -0.39 is 11.6 Å². The monoisotopic (exact) mass is 256 g/mol. The normalized spacial score (nSPS) is 44.7. The lowest BCUT2D eigenvalue weighted by Gasteiger charge is -2.42. The molecule has 0 aromatic carbocycles. The Kier molecular flexibility index (Phi) is 2.71. The largest absolute Gasteiger partial charge is 0.493 e. The summed E-state index contributed by atoms with van der Waals surface area (Å²) in [5.41, 5.74) is 0. The minimum atomic E-state index is -0.616. The molecular formula is C13H20O5. The molecule has 5 heteroatoms. The van der Waals surface area contributed by atoms with Crippen molar-refractivity contribution in [2.75, 3.05) is 6.61 Å². The molecule has 3 aliphatic rings. The highest BCUT2D eigenvalue weighted by molar-refractivity contribution is 5.04. The number of ether oxygens (including phenoxy) is 5. The van der Waals surface area contributed by atoms with E-state index in [1.807, 2.05) is 33.8 Å². The second kappa shape index (κ2) is 3.93. The average molecular weight is 256 g/mol. The van der Waals surface area contributed by atoms with Gasteiger partial charge in [-0.3, -0.25) is 0 Å². The molecule has 18 heavy (non-hydrogen) atoms. The van der Waals surface area contributed by atoms with E-state index in [4.69, 9.17) is 23.7 Å². The first-order valence-corrected chi connectivity index (χ1v) is 6.36. The molecule has 0 radical (unpaired) electrons. The van der Waals surface area contributed by atoms with Gasteiger partial charge in [0.1, 0.15) is 24.4 Å². The van der Waals surface area contributed by atoms with Gasteiger partial charge >= 0.3 is 0 Å². The summed E-state index contributed by atoms with van der Waals surface area (Å²) in [6.45, 7) is 8.12. The molecule has 2 saturated heterocycles. The van der Waals surface area contributed by atoms with Gasteiger partial charge in [0.15, 0.2) is 11.6 Å². The highest BCUT2D eigenvalue weighted by Gasteiger charge is 2.52. The molecule has 5 nitrogen and oxygen atoms in total. The molecule has 3 rings (SSSR count). The molecule has 2 unspecified atom stereocenters. The molecule has 0 amide bonds. The topological polar surface area (TPSA) is 46.2 Å². The fourth-order valence-corrected chi connectivity index (χ4v) is 2.65. The Morgan fingerprint density at radius 3 is 2.44 bits per heavy atom. The summed E-state index contributed by atoms with van der Waals surface area (Å²) in [5, 5.41) is 0. The molecule has 0 aromatic heterocycles. The van der Waals surface area contributed by atoms with Crippen LogP contribution in [0.1, 0.15) is 27.7 Å². The van der Waals surface area contributed by atoms with Crippen molar-refractivity contribution in [3.63, 3.8) is 0 Å². The van der Waals surface area contributed by atoms with Gasteiger partial charge in [-0.05, 0) is 33.8 Å². The predicted molar refractivity (Wildman–Crippen MR) is 62.7 cm³/mol. The minimum Gasteiger partial charge on any atom is -0.493 e. The van der Waals surface area contributed by atoms with Crippen LogP contribution in [0.15, 0.2) is 12.3 Å². The zero-order chi connectivity index (χ0) is 13.0. The number of hydrogen-bond acceptors (Lipinski definition) is 5. The first kappa shape index (κ1) is 12.4. The van der Waals surface area contributed by atoms with E-state index in [2.05, 4.69) is 0 Å². The number of rotatable bonds is 0. The van der Waals surface area contributed by atoms with Crippen LogP contribution in [0.25, 0.3) is 0 Å². The van der Waals surface area contributed by atoms with Crippen LogP contribution in [-0.2, 0) is 23.7 Å². The maximum Gasteiger partial charge on any atom is 0.164 e. The Morgan fingerprint density at radius 1 is 0.944 bits per heavy atom. The standard InChI is InChI=1S/C13H20O5/c1-12(2)15-7-9-11(17-12)10-8(5-6-14-9)16-13(3,4)18-10/h5-6,8-11H,7H2,1-4H3/t8?,9?,10-,11-/m1/s1. The van der Waals surface area contributed by atoms with Crippen LogP contribution in [0.4, 0.5) is 0 Å². The van der Waals surface area contributed by atoms with Crippen molar-refractivity contribution in [1.82, 2.24) is 0 Å². The second-order valence-electron chi connectivity index (χ2n) is 5.86. The van der Waals surface area contributed by atoms with E-state index >= 15 is 0 Å². The van der Waals surface area contributed by atoms with E-state index in [0.717, 1.165) is 0 Å². The van der Waals surface area contributed by atoms with Gasteiger partial charge in [-0.25, -0.2) is 0 Å². The molecule has 3 aliphatic heterocycles. The van der Waals surface area contributed by atoms with Gasteiger partial charge in [0.05, 0.1) is 12.9 Å². The Hall–Kier alpha value is -0.620. The Balaban J connectivity index is 1.86. The molecule has 3 heterocycles. The van der Waals surface area contributed by atoms with Crippen LogP contribution < -0.4 is 0 Å². The molecule has 0 bridgehead atoms. The van der Waals surface area contributed by atoms with Crippen molar-refractivity contribution in [3.8, 4) is 0 Å². The molecular weight excluding hydrogens is 236 g/mol. The van der Waals surface area contributed by atoms with Crippen molar-refractivity contribution in [2.45, 2.75) is 63.7 Å². The zero-order valence-corrected chi connectivity index (χ0v) is 11.2. The second-order valence-corrected chi connectivity index (χ2v) is 5.86. The van der Waals surface area contributed by atoms with Crippen molar-refractivity contribution in [1.29, 1.82) is 0 Å². The Morgan fingerprint density at radius 2 is 1.67 bits per heavy atom. The molecule has 4 atom stereocenters.